The first-order valence-corrected chi connectivity index (χ1v) is 9.38. The number of rotatable bonds is 6. The molecule has 2 fully saturated rings. The monoisotopic (exact) mass is 334 g/mol. The SMILES string of the molecule is CCc1nncn1CCNC(=NCC1CCCCO1)N1CCCC1. The molecule has 1 aromatic heterocycles. The van der Waals surface area contributed by atoms with Gasteiger partial charge in [-0.1, -0.05) is 6.92 Å². The summed E-state index contributed by atoms with van der Waals surface area (Å²) in [6.45, 7) is 7.67. The second-order valence-corrected chi connectivity index (χ2v) is 6.57. The van der Waals surface area contributed by atoms with Gasteiger partial charge in [-0.25, -0.2) is 0 Å². The van der Waals surface area contributed by atoms with Gasteiger partial charge in [-0.15, -0.1) is 10.2 Å². The molecule has 1 N–H and O–H groups in total. The quantitative estimate of drug-likeness (QED) is 0.630. The summed E-state index contributed by atoms with van der Waals surface area (Å²) in [4.78, 5) is 7.23. The van der Waals surface area contributed by atoms with Gasteiger partial charge in [0.05, 0.1) is 12.6 Å². The summed E-state index contributed by atoms with van der Waals surface area (Å²) >= 11 is 0. The van der Waals surface area contributed by atoms with Crippen LogP contribution in [0.5, 0.6) is 0 Å². The summed E-state index contributed by atoms with van der Waals surface area (Å²) in [6, 6.07) is 0. The highest BCUT2D eigenvalue weighted by atomic mass is 16.5. The van der Waals surface area contributed by atoms with Crippen molar-refractivity contribution in [2.24, 2.45) is 4.99 Å². The van der Waals surface area contributed by atoms with Crippen molar-refractivity contribution >= 4 is 5.96 Å². The molecule has 0 aromatic carbocycles. The minimum atomic E-state index is 0.294. The molecule has 134 valence electrons. The van der Waals surface area contributed by atoms with E-state index in [2.05, 4.69) is 31.9 Å². The van der Waals surface area contributed by atoms with Crippen LogP contribution in [0, 0.1) is 0 Å². The smallest absolute Gasteiger partial charge is 0.194 e. The van der Waals surface area contributed by atoms with Gasteiger partial charge in [0.15, 0.2) is 5.96 Å². The molecular formula is C17H30N6O. The zero-order chi connectivity index (χ0) is 16.6. The summed E-state index contributed by atoms with van der Waals surface area (Å²) in [5.74, 6) is 2.07. The van der Waals surface area contributed by atoms with Gasteiger partial charge in [0.1, 0.15) is 12.2 Å². The molecule has 0 spiro atoms. The minimum absolute atomic E-state index is 0.294. The number of aliphatic imine (C=N–C) groups is 1. The summed E-state index contributed by atoms with van der Waals surface area (Å²) in [7, 11) is 0. The lowest BCUT2D eigenvalue weighted by Crippen LogP contribution is -2.41. The van der Waals surface area contributed by atoms with E-state index in [1.165, 1.54) is 25.7 Å². The molecule has 2 aliphatic heterocycles. The van der Waals surface area contributed by atoms with Crippen molar-refractivity contribution in [2.75, 3.05) is 32.8 Å². The highest BCUT2D eigenvalue weighted by molar-refractivity contribution is 5.80. The average molecular weight is 334 g/mol. The lowest BCUT2D eigenvalue weighted by atomic mass is 10.1. The van der Waals surface area contributed by atoms with Crippen molar-refractivity contribution in [1.82, 2.24) is 25.0 Å². The number of guanidine groups is 1. The van der Waals surface area contributed by atoms with Crippen molar-refractivity contribution in [3.05, 3.63) is 12.2 Å². The van der Waals surface area contributed by atoms with Gasteiger partial charge < -0.3 is 19.5 Å². The summed E-state index contributed by atoms with van der Waals surface area (Å²) in [5.41, 5.74) is 0. The molecule has 7 heteroatoms. The molecular weight excluding hydrogens is 304 g/mol. The number of hydrogen-bond acceptors (Lipinski definition) is 4. The fourth-order valence-corrected chi connectivity index (χ4v) is 3.36. The lowest BCUT2D eigenvalue weighted by Gasteiger charge is -2.24. The zero-order valence-corrected chi connectivity index (χ0v) is 14.8. The number of nitrogens with one attached hydrogen (secondary N) is 1. The van der Waals surface area contributed by atoms with Gasteiger partial charge in [0, 0.05) is 39.2 Å². The number of aromatic nitrogens is 3. The van der Waals surface area contributed by atoms with Gasteiger partial charge >= 0.3 is 0 Å². The average Bonchev–Trinajstić information content (AvgIpc) is 3.30. The first kappa shape index (κ1) is 17.2. The van der Waals surface area contributed by atoms with Crippen LogP contribution in [0.2, 0.25) is 0 Å². The second kappa shape index (κ2) is 9.01. The van der Waals surface area contributed by atoms with Crippen LogP contribution in [0.25, 0.3) is 0 Å². The van der Waals surface area contributed by atoms with Crippen LogP contribution in [-0.2, 0) is 17.7 Å². The number of ether oxygens (including phenoxy) is 1. The van der Waals surface area contributed by atoms with E-state index in [9.17, 15) is 0 Å². The molecule has 0 saturated carbocycles. The summed E-state index contributed by atoms with van der Waals surface area (Å²) in [5, 5.41) is 11.7. The van der Waals surface area contributed by atoms with E-state index >= 15 is 0 Å². The van der Waals surface area contributed by atoms with Gasteiger partial charge in [0.25, 0.3) is 0 Å². The van der Waals surface area contributed by atoms with Crippen LogP contribution >= 0.6 is 0 Å². The maximum atomic E-state index is 5.81. The molecule has 2 saturated heterocycles. The van der Waals surface area contributed by atoms with E-state index in [0.29, 0.717) is 6.10 Å². The van der Waals surface area contributed by atoms with Crippen LogP contribution in [0.1, 0.15) is 44.9 Å². The fraction of sp³-hybridized carbons (Fsp3) is 0.824. The van der Waals surface area contributed by atoms with Crippen molar-refractivity contribution in [3.63, 3.8) is 0 Å². The van der Waals surface area contributed by atoms with Gasteiger partial charge in [-0.2, -0.15) is 0 Å². The van der Waals surface area contributed by atoms with Gasteiger partial charge in [0.2, 0.25) is 0 Å². The summed E-state index contributed by atoms with van der Waals surface area (Å²) in [6.07, 6.45) is 9.11. The predicted octanol–water partition coefficient (Wildman–Crippen LogP) is 1.45. The Morgan fingerprint density at radius 2 is 2.21 bits per heavy atom. The van der Waals surface area contributed by atoms with Crippen LogP contribution in [0.15, 0.2) is 11.3 Å². The van der Waals surface area contributed by atoms with Crippen molar-refractivity contribution in [1.29, 1.82) is 0 Å². The molecule has 0 amide bonds. The molecule has 7 nitrogen and oxygen atoms in total. The molecule has 1 unspecified atom stereocenters. The Hall–Kier alpha value is -1.63. The first-order chi connectivity index (χ1) is 11.9. The largest absolute Gasteiger partial charge is 0.376 e. The third kappa shape index (κ3) is 4.69. The third-order valence-corrected chi connectivity index (χ3v) is 4.77. The van der Waals surface area contributed by atoms with Gasteiger partial charge in [-0.05, 0) is 32.1 Å². The molecule has 3 rings (SSSR count). The zero-order valence-electron chi connectivity index (χ0n) is 14.8. The van der Waals surface area contributed by atoms with Crippen molar-refractivity contribution in [3.8, 4) is 0 Å². The predicted molar refractivity (Wildman–Crippen MR) is 94.1 cm³/mol. The molecule has 0 bridgehead atoms. The Kier molecular flexibility index (Phi) is 6.46. The Morgan fingerprint density at radius 1 is 1.33 bits per heavy atom. The highest BCUT2D eigenvalue weighted by Crippen LogP contribution is 2.13. The maximum Gasteiger partial charge on any atom is 0.194 e. The van der Waals surface area contributed by atoms with Crippen molar-refractivity contribution in [2.45, 2.75) is 58.1 Å². The molecule has 0 radical (unpaired) electrons. The van der Waals surface area contributed by atoms with E-state index < -0.39 is 0 Å². The van der Waals surface area contributed by atoms with Crippen LogP contribution in [-0.4, -0.2) is 64.5 Å². The summed E-state index contributed by atoms with van der Waals surface area (Å²) < 4.78 is 7.92. The highest BCUT2D eigenvalue weighted by Gasteiger charge is 2.18. The van der Waals surface area contributed by atoms with E-state index in [1.807, 2.05) is 6.33 Å². The molecule has 2 aliphatic rings. The molecule has 1 aromatic rings. The topological polar surface area (TPSA) is 67.6 Å². The van der Waals surface area contributed by atoms with Crippen LogP contribution in [0.4, 0.5) is 0 Å². The third-order valence-electron chi connectivity index (χ3n) is 4.77. The number of aryl methyl sites for hydroxylation is 1. The Morgan fingerprint density at radius 3 is 2.96 bits per heavy atom. The fourth-order valence-electron chi connectivity index (χ4n) is 3.36. The van der Waals surface area contributed by atoms with Crippen molar-refractivity contribution < 1.29 is 4.74 Å². The Labute approximate surface area is 144 Å². The number of nitrogens with zero attached hydrogens (tertiary/aromatic N) is 5. The maximum absolute atomic E-state index is 5.81. The Bertz CT molecular complexity index is 517. The molecule has 3 heterocycles. The Balaban J connectivity index is 1.53. The van der Waals surface area contributed by atoms with Gasteiger partial charge in [-0.3, -0.25) is 4.99 Å². The lowest BCUT2D eigenvalue weighted by molar-refractivity contribution is 0.0223. The first-order valence-electron chi connectivity index (χ1n) is 9.38. The normalized spacial score (nSPS) is 22.1. The standard InChI is InChI=1S/C17H30N6O/c1-2-16-21-20-14-23(16)11-8-18-17(22-9-4-5-10-22)19-13-15-7-3-6-12-24-15/h14-15H,2-13H2,1H3,(H,18,19). The minimum Gasteiger partial charge on any atom is -0.376 e. The molecule has 0 aliphatic carbocycles. The van der Waals surface area contributed by atoms with E-state index in [1.54, 1.807) is 0 Å². The van der Waals surface area contributed by atoms with E-state index in [4.69, 9.17) is 9.73 Å². The van der Waals surface area contributed by atoms with E-state index in [-0.39, 0.29) is 0 Å². The second-order valence-electron chi connectivity index (χ2n) is 6.57. The number of likely N-dealkylation sites (tertiary alicyclic amines) is 1. The molecule has 1 atom stereocenters. The van der Waals surface area contributed by atoms with E-state index in [0.717, 1.165) is 64.0 Å². The molecule has 24 heavy (non-hydrogen) atoms. The van der Waals surface area contributed by atoms with Crippen LogP contribution in [0.3, 0.4) is 0 Å². The van der Waals surface area contributed by atoms with Crippen LogP contribution < -0.4 is 5.32 Å². The number of hydrogen-bond donors (Lipinski definition) is 1.